The molecule has 2 heterocycles. The Morgan fingerprint density at radius 2 is 1.92 bits per heavy atom. The lowest BCUT2D eigenvalue weighted by molar-refractivity contribution is -0.123. The molecule has 1 aromatic heterocycles. The van der Waals surface area contributed by atoms with Crippen LogP contribution in [0.15, 0.2) is 12.3 Å². The van der Waals surface area contributed by atoms with Crippen LogP contribution in [-0.4, -0.2) is 42.1 Å². The standard InChI is InChI=1S/C19H31N5O/c1-14-3-5-16(6-4-14)22-18(25)13-15-8-11-24(12-9-15)17-7-10-21-19(20-2)23-17/h7,10,14-16H,3-6,8-9,11-13H2,1-2H3,(H,22,25)(H,20,21,23). The molecule has 0 atom stereocenters. The molecular formula is C19H31N5O. The fourth-order valence-corrected chi connectivity index (χ4v) is 3.97. The maximum atomic E-state index is 12.3. The molecule has 3 rings (SSSR count). The first-order chi connectivity index (χ1) is 12.1. The van der Waals surface area contributed by atoms with E-state index in [0.29, 0.717) is 24.3 Å². The molecule has 0 aromatic carbocycles. The predicted molar refractivity (Wildman–Crippen MR) is 101 cm³/mol. The molecule has 0 unspecified atom stereocenters. The molecule has 0 bridgehead atoms. The number of nitrogens with one attached hydrogen (secondary N) is 2. The van der Waals surface area contributed by atoms with Crippen LogP contribution in [0.3, 0.4) is 0 Å². The Kier molecular flexibility index (Phi) is 6.10. The second kappa shape index (κ2) is 8.50. The van der Waals surface area contributed by atoms with Gasteiger partial charge in [-0.3, -0.25) is 4.79 Å². The van der Waals surface area contributed by atoms with Gasteiger partial charge in [-0.1, -0.05) is 6.92 Å². The van der Waals surface area contributed by atoms with Crippen LogP contribution in [0.4, 0.5) is 11.8 Å². The van der Waals surface area contributed by atoms with Crippen LogP contribution >= 0.6 is 0 Å². The number of rotatable bonds is 5. The molecule has 6 nitrogen and oxygen atoms in total. The molecule has 6 heteroatoms. The average molecular weight is 345 g/mol. The van der Waals surface area contributed by atoms with Crippen molar-refractivity contribution in [2.24, 2.45) is 11.8 Å². The zero-order chi connectivity index (χ0) is 17.6. The zero-order valence-corrected chi connectivity index (χ0v) is 15.5. The summed E-state index contributed by atoms with van der Waals surface area (Å²) in [7, 11) is 1.83. The summed E-state index contributed by atoms with van der Waals surface area (Å²) in [5.74, 6) is 3.18. The van der Waals surface area contributed by atoms with Gasteiger partial charge in [0.25, 0.3) is 0 Å². The molecule has 0 radical (unpaired) electrons. The number of carbonyl (C=O) groups excluding carboxylic acids is 1. The van der Waals surface area contributed by atoms with Gasteiger partial charge in [0.05, 0.1) is 0 Å². The zero-order valence-electron chi connectivity index (χ0n) is 15.5. The average Bonchev–Trinajstić information content (AvgIpc) is 2.64. The Labute approximate surface area is 150 Å². The molecule has 1 aliphatic heterocycles. The summed E-state index contributed by atoms with van der Waals surface area (Å²) in [6.07, 6.45) is 9.35. The maximum absolute atomic E-state index is 12.3. The molecule has 1 saturated carbocycles. The van der Waals surface area contributed by atoms with Crippen LogP contribution in [0.25, 0.3) is 0 Å². The Morgan fingerprint density at radius 3 is 2.60 bits per heavy atom. The van der Waals surface area contributed by atoms with Gasteiger partial charge in [-0.25, -0.2) is 4.98 Å². The summed E-state index contributed by atoms with van der Waals surface area (Å²) in [4.78, 5) is 23.3. The van der Waals surface area contributed by atoms with Crippen LogP contribution in [0.5, 0.6) is 0 Å². The highest BCUT2D eigenvalue weighted by molar-refractivity contribution is 5.76. The van der Waals surface area contributed by atoms with Crippen LogP contribution in [-0.2, 0) is 4.79 Å². The van der Waals surface area contributed by atoms with Gasteiger partial charge in [-0.15, -0.1) is 0 Å². The summed E-state index contributed by atoms with van der Waals surface area (Å²) in [5, 5.41) is 6.24. The number of anilines is 2. The van der Waals surface area contributed by atoms with Gasteiger partial charge in [0.1, 0.15) is 5.82 Å². The number of carbonyl (C=O) groups is 1. The Bertz CT molecular complexity index is 563. The van der Waals surface area contributed by atoms with E-state index in [1.165, 1.54) is 12.8 Å². The van der Waals surface area contributed by atoms with Gasteiger partial charge in [0.2, 0.25) is 11.9 Å². The first kappa shape index (κ1) is 18.0. The number of amides is 1. The maximum Gasteiger partial charge on any atom is 0.224 e. The van der Waals surface area contributed by atoms with Crippen molar-refractivity contribution >= 4 is 17.7 Å². The molecular weight excluding hydrogens is 314 g/mol. The molecule has 25 heavy (non-hydrogen) atoms. The van der Waals surface area contributed by atoms with E-state index in [4.69, 9.17) is 0 Å². The third-order valence-electron chi connectivity index (χ3n) is 5.66. The van der Waals surface area contributed by atoms with Crippen LogP contribution < -0.4 is 15.5 Å². The minimum absolute atomic E-state index is 0.248. The molecule has 138 valence electrons. The van der Waals surface area contributed by atoms with Crippen molar-refractivity contribution in [3.05, 3.63) is 12.3 Å². The van der Waals surface area contributed by atoms with E-state index < -0.39 is 0 Å². The lowest BCUT2D eigenvalue weighted by atomic mass is 9.87. The number of nitrogens with zero attached hydrogens (tertiary/aromatic N) is 3. The van der Waals surface area contributed by atoms with Gasteiger partial charge in [0, 0.05) is 38.8 Å². The molecule has 1 saturated heterocycles. The Hall–Kier alpha value is -1.85. The van der Waals surface area contributed by atoms with Gasteiger partial charge in [0.15, 0.2) is 0 Å². The summed E-state index contributed by atoms with van der Waals surface area (Å²) >= 11 is 0. The third-order valence-corrected chi connectivity index (χ3v) is 5.66. The number of hydrogen-bond acceptors (Lipinski definition) is 5. The lowest BCUT2D eigenvalue weighted by Crippen LogP contribution is -2.40. The second-order valence-corrected chi connectivity index (χ2v) is 7.65. The van der Waals surface area contributed by atoms with Crippen LogP contribution in [0.2, 0.25) is 0 Å². The first-order valence-electron chi connectivity index (χ1n) is 9.69. The minimum Gasteiger partial charge on any atom is -0.357 e. The van der Waals surface area contributed by atoms with Gasteiger partial charge >= 0.3 is 0 Å². The van der Waals surface area contributed by atoms with Gasteiger partial charge in [-0.2, -0.15) is 4.98 Å². The van der Waals surface area contributed by atoms with Crippen molar-refractivity contribution in [1.29, 1.82) is 0 Å². The van der Waals surface area contributed by atoms with Crippen molar-refractivity contribution in [3.8, 4) is 0 Å². The third kappa shape index (κ3) is 5.06. The fraction of sp³-hybridized carbons (Fsp3) is 0.737. The summed E-state index contributed by atoms with van der Waals surface area (Å²) in [6.45, 7) is 4.22. The highest BCUT2D eigenvalue weighted by atomic mass is 16.1. The highest BCUT2D eigenvalue weighted by Crippen LogP contribution is 2.26. The van der Waals surface area contributed by atoms with E-state index in [1.54, 1.807) is 6.20 Å². The second-order valence-electron chi connectivity index (χ2n) is 7.65. The Morgan fingerprint density at radius 1 is 1.20 bits per heavy atom. The molecule has 0 spiro atoms. The topological polar surface area (TPSA) is 70.2 Å². The van der Waals surface area contributed by atoms with Crippen molar-refractivity contribution in [1.82, 2.24) is 15.3 Å². The van der Waals surface area contributed by atoms with Gasteiger partial charge < -0.3 is 15.5 Å². The smallest absolute Gasteiger partial charge is 0.224 e. The van der Waals surface area contributed by atoms with E-state index >= 15 is 0 Å². The molecule has 1 aliphatic carbocycles. The predicted octanol–water partition coefficient (Wildman–Crippen LogP) is 2.82. The lowest BCUT2D eigenvalue weighted by Gasteiger charge is -2.33. The van der Waals surface area contributed by atoms with Crippen LogP contribution in [0, 0.1) is 11.8 Å². The van der Waals surface area contributed by atoms with E-state index in [1.807, 2.05) is 13.1 Å². The van der Waals surface area contributed by atoms with Crippen molar-refractivity contribution in [2.75, 3.05) is 30.4 Å². The fourth-order valence-electron chi connectivity index (χ4n) is 3.97. The number of piperidine rings is 1. The summed E-state index contributed by atoms with van der Waals surface area (Å²) in [6, 6.07) is 2.36. The van der Waals surface area contributed by atoms with Gasteiger partial charge in [-0.05, 0) is 56.4 Å². The van der Waals surface area contributed by atoms with E-state index in [2.05, 4.69) is 32.4 Å². The van der Waals surface area contributed by atoms with Crippen molar-refractivity contribution < 1.29 is 4.79 Å². The number of hydrogen-bond donors (Lipinski definition) is 2. The quantitative estimate of drug-likeness (QED) is 0.859. The van der Waals surface area contributed by atoms with Crippen LogP contribution in [0.1, 0.15) is 51.9 Å². The van der Waals surface area contributed by atoms with E-state index in [0.717, 1.165) is 50.5 Å². The largest absolute Gasteiger partial charge is 0.357 e. The normalized spacial score (nSPS) is 24.8. The molecule has 1 aromatic rings. The Balaban J connectivity index is 1.42. The highest BCUT2D eigenvalue weighted by Gasteiger charge is 2.24. The molecule has 2 fully saturated rings. The minimum atomic E-state index is 0.248. The summed E-state index contributed by atoms with van der Waals surface area (Å²) in [5.41, 5.74) is 0. The van der Waals surface area contributed by atoms with E-state index in [9.17, 15) is 4.79 Å². The van der Waals surface area contributed by atoms with Crippen molar-refractivity contribution in [3.63, 3.8) is 0 Å². The molecule has 1 amide bonds. The van der Waals surface area contributed by atoms with E-state index in [-0.39, 0.29) is 5.91 Å². The summed E-state index contributed by atoms with van der Waals surface area (Å²) < 4.78 is 0. The van der Waals surface area contributed by atoms with Crippen molar-refractivity contribution in [2.45, 2.75) is 57.9 Å². The first-order valence-corrected chi connectivity index (χ1v) is 9.69. The monoisotopic (exact) mass is 345 g/mol. The number of aromatic nitrogens is 2. The molecule has 2 aliphatic rings. The SMILES string of the molecule is CNc1nccc(N2CCC(CC(=O)NC3CCC(C)CC3)CC2)n1. The molecule has 2 N–H and O–H groups in total.